The van der Waals surface area contributed by atoms with E-state index in [0.29, 0.717) is 24.3 Å². The van der Waals surface area contributed by atoms with E-state index in [1.54, 1.807) is 19.9 Å². The summed E-state index contributed by atoms with van der Waals surface area (Å²) in [4.78, 5) is 0. The van der Waals surface area contributed by atoms with Gasteiger partial charge in [-0.05, 0) is 49.9 Å². The highest BCUT2D eigenvalue weighted by Crippen LogP contribution is 2.35. The first-order valence-electron chi connectivity index (χ1n) is 9.47. The molecular weight excluding hydrogens is 363 g/mol. The van der Waals surface area contributed by atoms with Crippen molar-refractivity contribution in [2.45, 2.75) is 44.5 Å². The van der Waals surface area contributed by atoms with Crippen LogP contribution in [-0.2, 0) is 16.5 Å². The summed E-state index contributed by atoms with van der Waals surface area (Å²) >= 11 is 0. The second kappa shape index (κ2) is 8.10. The van der Waals surface area contributed by atoms with E-state index < -0.39 is 17.8 Å². The van der Waals surface area contributed by atoms with Crippen molar-refractivity contribution >= 4 is 0 Å². The normalized spacial score (nSPS) is 21.5. The van der Waals surface area contributed by atoms with Gasteiger partial charge < -0.3 is 10.1 Å². The molecule has 2 nitrogen and oxygen atoms in total. The fourth-order valence-electron chi connectivity index (χ4n) is 3.65. The van der Waals surface area contributed by atoms with Crippen LogP contribution in [0.5, 0.6) is 0 Å². The Morgan fingerprint density at radius 2 is 1.89 bits per heavy atom. The van der Waals surface area contributed by atoms with Crippen molar-refractivity contribution in [3.8, 4) is 0 Å². The van der Waals surface area contributed by atoms with Gasteiger partial charge in [0.2, 0.25) is 0 Å². The van der Waals surface area contributed by atoms with Crippen LogP contribution in [0.4, 0.5) is 13.2 Å². The van der Waals surface area contributed by atoms with Gasteiger partial charge in [0.25, 0.3) is 0 Å². The Morgan fingerprint density at radius 1 is 1.18 bits per heavy atom. The molecule has 1 N–H and O–H groups in total. The molecule has 0 saturated carbocycles. The Morgan fingerprint density at radius 3 is 2.50 bits per heavy atom. The highest BCUT2D eigenvalue weighted by molar-refractivity contribution is 5.33. The van der Waals surface area contributed by atoms with Crippen LogP contribution in [0, 0.1) is 6.92 Å². The lowest BCUT2D eigenvalue weighted by Gasteiger charge is -2.40. The Labute approximate surface area is 164 Å². The Hall–Kier alpha value is -2.11. The van der Waals surface area contributed by atoms with Gasteiger partial charge in [0.05, 0.1) is 23.8 Å². The monoisotopic (exact) mass is 389 g/mol. The Bertz CT molecular complexity index is 819. The molecule has 1 saturated heterocycles. The fraction of sp³-hybridized carbons (Fsp3) is 0.391. The molecule has 0 unspecified atom stereocenters. The lowest BCUT2D eigenvalue weighted by Crippen LogP contribution is -2.50. The molecule has 150 valence electrons. The molecule has 3 rings (SSSR count). The molecule has 1 heterocycles. The molecule has 1 aliphatic rings. The first kappa shape index (κ1) is 20.6. The van der Waals surface area contributed by atoms with E-state index in [2.05, 4.69) is 24.0 Å². The minimum Gasteiger partial charge on any atom is -0.372 e. The zero-order chi connectivity index (χ0) is 20.4. The summed E-state index contributed by atoms with van der Waals surface area (Å²) in [5, 5.41) is 3.55. The minimum atomic E-state index is -4.36. The molecule has 2 aromatic carbocycles. The van der Waals surface area contributed by atoms with Crippen molar-refractivity contribution in [2.75, 3.05) is 13.2 Å². The zero-order valence-corrected chi connectivity index (χ0v) is 16.3. The molecular formula is C23H26F3NO. The number of halogens is 3. The molecule has 2 aromatic rings. The van der Waals surface area contributed by atoms with Crippen LogP contribution < -0.4 is 5.32 Å². The highest BCUT2D eigenvalue weighted by Gasteiger charge is 2.36. The van der Waals surface area contributed by atoms with E-state index in [-0.39, 0.29) is 5.54 Å². The molecule has 0 radical (unpaired) electrons. The number of alkyl halides is 3. The lowest BCUT2D eigenvalue weighted by atomic mass is 9.82. The summed E-state index contributed by atoms with van der Waals surface area (Å²) in [6, 6.07) is 14.2. The predicted octanol–water partition coefficient (Wildman–Crippen LogP) is 5.93. The van der Waals surface area contributed by atoms with Gasteiger partial charge in [0.1, 0.15) is 0 Å². The third-order valence-electron chi connectivity index (χ3n) is 5.38. The molecule has 1 fully saturated rings. The molecule has 1 aliphatic heterocycles. The number of hydrogen-bond acceptors (Lipinski definition) is 2. The van der Waals surface area contributed by atoms with Crippen LogP contribution in [0.15, 0.2) is 60.7 Å². The number of benzene rings is 2. The van der Waals surface area contributed by atoms with Crippen molar-refractivity contribution in [1.82, 2.24) is 5.32 Å². The van der Waals surface area contributed by atoms with Crippen LogP contribution in [0.1, 0.15) is 48.1 Å². The maximum absolute atomic E-state index is 13.1. The first-order chi connectivity index (χ1) is 13.2. The van der Waals surface area contributed by atoms with E-state index in [0.717, 1.165) is 30.0 Å². The van der Waals surface area contributed by atoms with Gasteiger partial charge in [-0.3, -0.25) is 0 Å². The summed E-state index contributed by atoms with van der Waals surface area (Å²) in [5.41, 5.74) is 2.37. The molecule has 2 atom stereocenters. The minimum absolute atomic E-state index is 0.368. The molecule has 28 heavy (non-hydrogen) atoms. The van der Waals surface area contributed by atoms with Crippen molar-refractivity contribution < 1.29 is 17.9 Å². The third kappa shape index (κ3) is 4.65. The van der Waals surface area contributed by atoms with Crippen LogP contribution in [0.2, 0.25) is 0 Å². The number of aryl methyl sites for hydroxylation is 1. The van der Waals surface area contributed by atoms with Gasteiger partial charge in [-0.2, -0.15) is 13.2 Å². The average molecular weight is 389 g/mol. The van der Waals surface area contributed by atoms with E-state index in [9.17, 15) is 13.2 Å². The molecule has 0 spiro atoms. The van der Waals surface area contributed by atoms with Gasteiger partial charge in [-0.1, -0.05) is 54.1 Å². The summed E-state index contributed by atoms with van der Waals surface area (Å²) < 4.78 is 45.6. The number of nitrogens with one attached hydrogen (secondary N) is 1. The van der Waals surface area contributed by atoms with Crippen LogP contribution in [-0.4, -0.2) is 13.2 Å². The first-order valence-corrected chi connectivity index (χ1v) is 9.47. The topological polar surface area (TPSA) is 21.3 Å². The summed E-state index contributed by atoms with van der Waals surface area (Å²) in [6.45, 7) is 8.60. The van der Waals surface area contributed by atoms with E-state index in [1.165, 1.54) is 6.07 Å². The third-order valence-corrected chi connectivity index (χ3v) is 5.38. The van der Waals surface area contributed by atoms with Crippen molar-refractivity contribution in [3.63, 3.8) is 0 Å². The number of hydrogen-bond donors (Lipinski definition) is 1. The quantitative estimate of drug-likeness (QED) is 0.640. The SMILES string of the molecule is C=C1CC[C@@](CO[C@H](C)c2cc(C)cc(C(F)(F)F)c2)(c2ccccc2)NC1. The smallest absolute Gasteiger partial charge is 0.372 e. The van der Waals surface area contributed by atoms with Crippen molar-refractivity contribution in [1.29, 1.82) is 0 Å². The predicted molar refractivity (Wildman–Crippen MR) is 105 cm³/mol. The maximum atomic E-state index is 13.1. The number of piperidine rings is 1. The largest absolute Gasteiger partial charge is 0.416 e. The Kier molecular flexibility index (Phi) is 5.96. The fourth-order valence-corrected chi connectivity index (χ4v) is 3.65. The summed E-state index contributed by atoms with van der Waals surface area (Å²) in [6.07, 6.45) is -3.09. The van der Waals surface area contributed by atoms with Crippen LogP contribution in [0.3, 0.4) is 0 Å². The Balaban J connectivity index is 1.80. The molecule has 5 heteroatoms. The molecule has 0 bridgehead atoms. The van der Waals surface area contributed by atoms with Gasteiger partial charge in [0, 0.05) is 6.54 Å². The van der Waals surface area contributed by atoms with Crippen LogP contribution in [0.25, 0.3) is 0 Å². The molecule has 0 aliphatic carbocycles. The van der Waals surface area contributed by atoms with E-state index >= 15 is 0 Å². The second-order valence-corrected chi connectivity index (χ2v) is 7.64. The lowest BCUT2D eigenvalue weighted by molar-refractivity contribution is -0.137. The number of ether oxygens (including phenoxy) is 1. The van der Waals surface area contributed by atoms with Gasteiger partial charge in [-0.15, -0.1) is 0 Å². The summed E-state index contributed by atoms with van der Waals surface area (Å²) in [5.74, 6) is 0. The van der Waals surface area contributed by atoms with Crippen LogP contribution >= 0.6 is 0 Å². The molecule has 0 aromatic heterocycles. The average Bonchev–Trinajstić information content (AvgIpc) is 2.67. The van der Waals surface area contributed by atoms with Crippen molar-refractivity contribution in [3.05, 3.63) is 82.9 Å². The van der Waals surface area contributed by atoms with E-state index in [4.69, 9.17) is 4.74 Å². The van der Waals surface area contributed by atoms with Gasteiger partial charge in [0.15, 0.2) is 0 Å². The zero-order valence-electron chi connectivity index (χ0n) is 16.3. The van der Waals surface area contributed by atoms with E-state index in [1.807, 2.05) is 18.2 Å². The van der Waals surface area contributed by atoms with Crippen molar-refractivity contribution in [2.24, 2.45) is 0 Å². The standard InChI is InChI=1S/C23H26F3NO/c1-16-9-10-22(27-14-16,20-7-5-4-6-8-20)15-28-18(3)19-11-17(2)12-21(13-19)23(24,25)26/h4-8,11-13,18,27H,1,9-10,14-15H2,2-3H3/t18-,22-/m1/s1. The maximum Gasteiger partial charge on any atom is 0.416 e. The second-order valence-electron chi connectivity index (χ2n) is 7.64. The molecule has 0 amide bonds. The van der Waals surface area contributed by atoms with Gasteiger partial charge in [-0.25, -0.2) is 0 Å². The number of rotatable bonds is 5. The highest BCUT2D eigenvalue weighted by atomic mass is 19.4. The summed E-state index contributed by atoms with van der Waals surface area (Å²) in [7, 11) is 0. The van der Waals surface area contributed by atoms with Gasteiger partial charge >= 0.3 is 6.18 Å².